The average Bonchev–Trinajstić information content (AvgIpc) is 2.85. The molecule has 0 bridgehead atoms. The van der Waals surface area contributed by atoms with Crippen molar-refractivity contribution in [3.05, 3.63) is 11.9 Å². The van der Waals surface area contributed by atoms with Gasteiger partial charge in [-0.25, -0.2) is 4.39 Å². The number of nitrogens with two attached hydrogens (primary N) is 1. The fourth-order valence-electron chi connectivity index (χ4n) is 1.19. The molecule has 1 amide bonds. The number of hydrogen-bond acceptors (Lipinski definition) is 5. The van der Waals surface area contributed by atoms with Crippen LogP contribution in [0.15, 0.2) is 16.9 Å². The highest BCUT2D eigenvalue weighted by Gasteiger charge is 2.04. The van der Waals surface area contributed by atoms with E-state index in [4.69, 9.17) is 5.73 Å². The third-order valence-corrected chi connectivity index (χ3v) is 2.05. The van der Waals surface area contributed by atoms with Gasteiger partial charge in [-0.3, -0.25) is 15.1 Å². The molecular weight excluding hydrogens is 253 g/mol. The summed E-state index contributed by atoms with van der Waals surface area (Å²) in [5, 5.41) is 15.1. The molecule has 0 aromatic carbocycles. The van der Waals surface area contributed by atoms with Gasteiger partial charge >= 0.3 is 0 Å². The number of nitrogens with zero attached hydrogens (tertiary/aromatic N) is 4. The smallest absolute Gasteiger partial charge is 0.269 e. The Hall–Kier alpha value is -2.32. The van der Waals surface area contributed by atoms with Crippen molar-refractivity contribution < 1.29 is 9.18 Å². The Balaban J connectivity index is 2.18. The summed E-state index contributed by atoms with van der Waals surface area (Å²) in [6, 6.07) is 0. The molecule has 1 rings (SSSR count). The van der Waals surface area contributed by atoms with E-state index in [-0.39, 0.29) is 30.6 Å². The van der Waals surface area contributed by atoms with Gasteiger partial charge < -0.3 is 5.73 Å². The molecule has 0 saturated carbocycles. The van der Waals surface area contributed by atoms with Gasteiger partial charge in [-0.1, -0.05) is 11.2 Å². The van der Waals surface area contributed by atoms with Gasteiger partial charge in [-0.05, 0) is 25.0 Å². The number of amides is 1. The second-order valence-electron chi connectivity index (χ2n) is 3.78. The third-order valence-electron chi connectivity index (χ3n) is 2.05. The van der Waals surface area contributed by atoms with Crippen molar-refractivity contribution in [2.75, 3.05) is 11.9 Å². The number of aromatic nitrogens is 4. The molecule has 4 N–H and O–H groups in total. The maximum Gasteiger partial charge on any atom is 0.269 e. The molecule has 19 heavy (non-hydrogen) atoms. The van der Waals surface area contributed by atoms with Crippen LogP contribution in [0.3, 0.4) is 0 Å². The molecule has 104 valence electrons. The van der Waals surface area contributed by atoms with Crippen LogP contribution >= 0.6 is 0 Å². The zero-order chi connectivity index (χ0) is 14.1. The van der Waals surface area contributed by atoms with E-state index in [9.17, 15) is 9.18 Å². The number of nitrogens with one attached hydrogen (secondary N) is 2. The van der Waals surface area contributed by atoms with E-state index < -0.39 is 0 Å². The first-order chi connectivity index (χ1) is 9.08. The SMILES string of the molecule is CC(N)=NC/C(F)=C\CCCC(=O)Nc1nn[nH]n1. The van der Waals surface area contributed by atoms with Crippen LogP contribution in [0.4, 0.5) is 10.3 Å². The Bertz CT molecular complexity index is 450. The molecule has 0 atom stereocenters. The van der Waals surface area contributed by atoms with E-state index in [0.717, 1.165) is 0 Å². The average molecular weight is 269 g/mol. The molecule has 0 saturated heterocycles. The van der Waals surface area contributed by atoms with Crippen LogP contribution < -0.4 is 11.1 Å². The number of unbranched alkanes of at least 4 members (excludes halogenated alkanes) is 1. The minimum Gasteiger partial charge on any atom is -0.388 e. The number of amidine groups is 1. The number of carbonyl (C=O) groups is 1. The maximum absolute atomic E-state index is 13.2. The fourth-order valence-corrected chi connectivity index (χ4v) is 1.19. The van der Waals surface area contributed by atoms with Gasteiger partial charge in [0.05, 0.1) is 12.4 Å². The van der Waals surface area contributed by atoms with Gasteiger partial charge in [0.1, 0.15) is 5.83 Å². The summed E-state index contributed by atoms with van der Waals surface area (Å²) in [6.45, 7) is 1.53. The number of halogens is 1. The number of H-pyrrole nitrogens is 1. The van der Waals surface area contributed by atoms with Gasteiger partial charge in [-0.15, -0.1) is 5.10 Å². The van der Waals surface area contributed by atoms with E-state index in [0.29, 0.717) is 18.7 Å². The van der Waals surface area contributed by atoms with E-state index >= 15 is 0 Å². The van der Waals surface area contributed by atoms with Gasteiger partial charge in [0, 0.05) is 6.42 Å². The van der Waals surface area contributed by atoms with Gasteiger partial charge in [-0.2, -0.15) is 5.21 Å². The Morgan fingerprint density at radius 3 is 3.05 bits per heavy atom. The zero-order valence-electron chi connectivity index (χ0n) is 10.6. The van der Waals surface area contributed by atoms with Crippen LogP contribution in [0.2, 0.25) is 0 Å². The van der Waals surface area contributed by atoms with Gasteiger partial charge in [0.25, 0.3) is 5.95 Å². The predicted molar refractivity (Wildman–Crippen MR) is 68.0 cm³/mol. The molecule has 0 fully saturated rings. The van der Waals surface area contributed by atoms with E-state index in [1.807, 2.05) is 0 Å². The lowest BCUT2D eigenvalue weighted by atomic mass is 10.2. The number of aromatic amines is 1. The van der Waals surface area contributed by atoms with Crippen molar-refractivity contribution in [1.29, 1.82) is 0 Å². The van der Waals surface area contributed by atoms with Crippen LogP contribution in [0.1, 0.15) is 26.2 Å². The Labute approximate surface area is 109 Å². The van der Waals surface area contributed by atoms with Gasteiger partial charge in [0.2, 0.25) is 5.91 Å². The van der Waals surface area contributed by atoms with Crippen LogP contribution in [0.25, 0.3) is 0 Å². The van der Waals surface area contributed by atoms with Crippen LogP contribution in [-0.2, 0) is 4.79 Å². The molecule has 1 aromatic rings. The quantitative estimate of drug-likeness (QED) is 0.379. The van der Waals surface area contributed by atoms with Crippen molar-refractivity contribution in [3.63, 3.8) is 0 Å². The lowest BCUT2D eigenvalue weighted by Crippen LogP contribution is -2.12. The lowest BCUT2D eigenvalue weighted by Gasteiger charge is -1.98. The topological polar surface area (TPSA) is 122 Å². The molecule has 0 aliphatic heterocycles. The monoisotopic (exact) mass is 269 g/mol. The number of allylic oxidation sites excluding steroid dienone is 1. The molecule has 0 aliphatic carbocycles. The number of carbonyl (C=O) groups excluding carboxylic acids is 1. The molecule has 0 aliphatic rings. The molecule has 0 spiro atoms. The summed E-state index contributed by atoms with van der Waals surface area (Å²) in [5.41, 5.74) is 5.28. The number of aliphatic imine (C=N–C) groups is 1. The maximum atomic E-state index is 13.2. The minimum absolute atomic E-state index is 0.0581. The summed E-state index contributed by atoms with van der Waals surface area (Å²) < 4.78 is 13.2. The van der Waals surface area contributed by atoms with Crippen molar-refractivity contribution in [3.8, 4) is 0 Å². The summed E-state index contributed by atoms with van der Waals surface area (Å²) in [7, 11) is 0. The van der Waals surface area contributed by atoms with Gasteiger partial charge in [0.15, 0.2) is 0 Å². The Kier molecular flexibility index (Phi) is 6.13. The highest BCUT2D eigenvalue weighted by molar-refractivity contribution is 5.88. The Morgan fingerprint density at radius 1 is 1.63 bits per heavy atom. The first-order valence-electron chi connectivity index (χ1n) is 5.72. The molecule has 9 heteroatoms. The first kappa shape index (κ1) is 14.7. The molecular formula is C10H16FN7O. The fraction of sp³-hybridized carbons (Fsp3) is 0.500. The summed E-state index contributed by atoms with van der Waals surface area (Å²) in [5.74, 6) is -0.142. The standard InChI is InChI=1S/C10H16FN7O/c1-7(12)13-6-8(11)4-2-3-5-9(19)14-10-15-17-18-16-10/h4H,2-3,5-6H2,1H3,(H2,12,13)(H2,14,15,16,17,18,19)/b8-4+. The van der Waals surface area contributed by atoms with Crippen molar-refractivity contribution in [2.24, 2.45) is 10.7 Å². The van der Waals surface area contributed by atoms with E-state index in [1.54, 1.807) is 6.92 Å². The number of tetrazole rings is 1. The first-order valence-corrected chi connectivity index (χ1v) is 5.72. The number of hydrogen-bond donors (Lipinski definition) is 3. The molecule has 8 nitrogen and oxygen atoms in total. The van der Waals surface area contributed by atoms with Crippen molar-refractivity contribution in [1.82, 2.24) is 20.6 Å². The molecule has 0 unspecified atom stereocenters. The number of anilines is 1. The zero-order valence-corrected chi connectivity index (χ0v) is 10.6. The number of rotatable bonds is 7. The molecule has 1 aromatic heterocycles. The van der Waals surface area contributed by atoms with E-state index in [1.165, 1.54) is 6.08 Å². The third kappa shape index (κ3) is 6.86. The second kappa shape index (κ2) is 7.90. The Morgan fingerprint density at radius 2 is 2.42 bits per heavy atom. The van der Waals surface area contributed by atoms with Crippen LogP contribution in [0, 0.1) is 0 Å². The lowest BCUT2D eigenvalue weighted by molar-refractivity contribution is -0.116. The minimum atomic E-state index is -0.358. The van der Waals surface area contributed by atoms with Crippen molar-refractivity contribution in [2.45, 2.75) is 26.2 Å². The van der Waals surface area contributed by atoms with Crippen LogP contribution in [-0.4, -0.2) is 38.9 Å². The largest absolute Gasteiger partial charge is 0.388 e. The van der Waals surface area contributed by atoms with Crippen molar-refractivity contribution >= 4 is 17.7 Å². The predicted octanol–water partition coefficient (Wildman–Crippen LogP) is 0.539. The highest BCUT2D eigenvalue weighted by Crippen LogP contribution is 2.05. The van der Waals surface area contributed by atoms with E-state index in [2.05, 4.69) is 30.9 Å². The molecule has 0 radical (unpaired) electrons. The highest BCUT2D eigenvalue weighted by atomic mass is 19.1. The normalized spacial score (nSPS) is 12.5. The summed E-state index contributed by atoms with van der Waals surface area (Å²) in [4.78, 5) is 15.1. The second-order valence-corrected chi connectivity index (χ2v) is 3.78. The van der Waals surface area contributed by atoms with Crippen LogP contribution in [0.5, 0.6) is 0 Å². The summed E-state index contributed by atoms with van der Waals surface area (Å²) in [6.07, 6.45) is 2.61. The molecule has 1 heterocycles. The summed E-state index contributed by atoms with van der Waals surface area (Å²) >= 11 is 0.